The van der Waals surface area contributed by atoms with Gasteiger partial charge in [-0.3, -0.25) is 9.36 Å². The van der Waals surface area contributed by atoms with E-state index in [2.05, 4.69) is 12.2 Å². The molecule has 7 nitrogen and oxygen atoms in total. The molecule has 31 heavy (non-hydrogen) atoms. The molecule has 0 aliphatic heterocycles. The Morgan fingerprint density at radius 2 is 1.42 bits per heavy atom. The molecule has 2 atom stereocenters. The summed E-state index contributed by atoms with van der Waals surface area (Å²) in [4.78, 5) is 21.0. The van der Waals surface area contributed by atoms with Crippen LogP contribution in [-0.4, -0.2) is 56.5 Å². The quantitative estimate of drug-likeness (QED) is 0.118. The number of nitrogens with one attached hydrogen (secondary N) is 1. The average Bonchev–Trinajstić information content (AvgIpc) is 2.73. The minimum atomic E-state index is -3.69. The van der Waals surface area contributed by atoms with Gasteiger partial charge in [-0.15, -0.1) is 0 Å². The lowest BCUT2D eigenvalue weighted by Gasteiger charge is -2.19. The molecule has 0 rings (SSSR count). The first-order valence-corrected chi connectivity index (χ1v) is 14.0. The summed E-state index contributed by atoms with van der Waals surface area (Å²) >= 11 is 0. The highest BCUT2D eigenvalue weighted by molar-refractivity contribution is 7.52. The van der Waals surface area contributed by atoms with E-state index in [0.717, 1.165) is 12.8 Å². The van der Waals surface area contributed by atoms with Crippen LogP contribution in [0.4, 0.5) is 0 Å². The zero-order valence-electron chi connectivity index (χ0n) is 20.2. The Hall–Kier alpha value is -0.460. The standard InChI is InChI=1S/C23H48NO6P/c1-4-5-6-7-8-9-10-11-12-13-14-15-16-18-28-20-23(30-22(2)25)21-29-31(26,27)19-17-24-3/h23-24H,4-21H2,1-3H3,(H,26,27). The predicted molar refractivity (Wildman–Crippen MR) is 127 cm³/mol. The molecule has 0 saturated heterocycles. The van der Waals surface area contributed by atoms with E-state index in [1.54, 1.807) is 7.05 Å². The van der Waals surface area contributed by atoms with Crippen LogP contribution in [0.1, 0.15) is 97.3 Å². The lowest BCUT2D eigenvalue weighted by Crippen LogP contribution is -2.28. The highest BCUT2D eigenvalue weighted by Gasteiger charge is 2.22. The molecule has 0 amide bonds. The molecule has 2 unspecified atom stereocenters. The zero-order valence-corrected chi connectivity index (χ0v) is 21.1. The highest BCUT2D eigenvalue weighted by atomic mass is 31.2. The van der Waals surface area contributed by atoms with Gasteiger partial charge in [-0.25, -0.2) is 0 Å². The molecule has 0 aromatic rings. The molecular weight excluding hydrogens is 417 g/mol. The number of carbonyl (C=O) groups is 1. The maximum atomic E-state index is 11.9. The Labute approximate surface area is 190 Å². The summed E-state index contributed by atoms with van der Waals surface area (Å²) < 4.78 is 27.7. The van der Waals surface area contributed by atoms with Crippen molar-refractivity contribution in [1.29, 1.82) is 0 Å². The van der Waals surface area contributed by atoms with E-state index in [1.807, 2.05) is 0 Å². The third-order valence-corrected chi connectivity index (χ3v) is 6.48. The van der Waals surface area contributed by atoms with E-state index in [4.69, 9.17) is 14.0 Å². The van der Waals surface area contributed by atoms with Gasteiger partial charge in [0, 0.05) is 20.1 Å². The van der Waals surface area contributed by atoms with Gasteiger partial charge in [0.1, 0.15) is 6.10 Å². The Bertz CT molecular complexity index is 463. The molecule has 8 heteroatoms. The van der Waals surface area contributed by atoms with Gasteiger partial charge in [-0.05, 0) is 13.5 Å². The van der Waals surface area contributed by atoms with E-state index in [1.165, 1.54) is 77.6 Å². The van der Waals surface area contributed by atoms with Crippen molar-refractivity contribution >= 4 is 13.6 Å². The summed E-state index contributed by atoms with van der Waals surface area (Å²) in [5, 5.41) is 2.81. The summed E-state index contributed by atoms with van der Waals surface area (Å²) in [7, 11) is -1.99. The van der Waals surface area contributed by atoms with Gasteiger partial charge in [0.2, 0.25) is 0 Å². The van der Waals surface area contributed by atoms with Crippen LogP contribution in [0.25, 0.3) is 0 Å². The van der Waals surface area contributed by atoms with Crippen molar-refractivity contribution in [1.82, 2.24) is 5.32 Å². The zero-order chi connectivity index (χ0) is 23.2. The first-order chi connectivity index (χ1) is 14.9. The molecule has 0 saturated carbocycles. The smallest absolute Gasteiger partial charge is 0.329 e. The fraction of sp³-hybridized carbons (Fsp3) is 0.957. The third kappa shape index (κ3) is 22.5. The number of esters is 1. The lowest BCUT2D eigenvalue weighted by atomic mass is 10.0. The highest BCUT2D eigenvalue weighted by Crippen LogP contribution is 2.41. The van der Waals surface area contributed by atoms with Crippen molar-refractivity contribution in [2.45, 2.75) is 103 Å². The summed E-state index contributed by atoms with van der Waals surface area (Å²) in [6.07, 6.45) is 16.2. The molecular formula is C23H48NO6P. The SMILES string of the molecule is CCCCCCCCCCCCCCCOCC(COP(=O)(O)CCNC)OC(C)=O. The maximum Gasteiger partial charge on any atom is 0.329 e. The van der Waals surface area contributed by atoms with Crippen molar-refractivity contribution in [3.05, 3.63) is 0 Å². The Balaban J connectivity index is 3.66. The molecule has 0 bridgehead atoms. The van der Waals surface area contributed by atoms with Crippen molar-refractivity contribution in [2.75, 3.05) is 39.6 Å². The first-order valence-electron chi connectivity index (χ1n) is 12.3. The second kappa shape index (κ2) is 21.4. The number of ether oxygens (including phenoxy) is 2. The molecule has 0 radical (unpaired) electrons. The topological polar surface area (TPSA) is 94.1 Å². The van der Waals surface area contributed by atoms with Gasteiger partial charge in [0.25, 0.3) is 0 Å². The number of carbonyl (C=O) groups excluding carboxylic acids is 1. The number of hydrogen-bond donors (Lipinski definition) is 2. The molecule has 0 aliphatic carbocycles. The van der Waals surface area contributed by atoms with Gasteiger partial charge >= 0.3 is 13.6 Å². The van der Waals surface area contributed by atoms with Crippen molar-refractivity contribution in [2.24, 2.45) is 0 Å². The third-order valence-electron chi connectivity index (χ3n) is 5.14. The number of hydrogen-bond acceptors (Lipinski definition) is 6. The van der Waals surface area contributed by atoms with E-state index in [0.29, 0.717) is 13.2 Å². The van der Waals surface area contributed by atoms with Crippen LogP contribution in [0.15, 0.2) is 0 Å². The van der Waals surface area contributed by atoms with E-state index in [9.17, 15) is 14.3 Å². The average molecular weight is 466 g/mol. The van der Waals surface area contributed by atoms with Crippen LogP contribution < -0.4 is 5.32 Å². The molecule has 186 valence electrons. The molecule has 0 spiro atoms. The molecule has 0 fully saturated rings. The van der Waals surface area contributed by atoms with E-state index >= 15 is 0 Å². The fourth-order valence-corrected chi connectivity index (χ4v) is 4.34. The van der Waals surface area contributed by atoms with Crippen LogP contribution >= 0.6 is 7.60 Å². The normalized spacial score (nSPS) is 14.3. The van der Waals surface area contributed by atoms with Crippen molar-refractivity contribution in [3.63, 3.8) is 0 Å². The molecule has 0 aliphatic rings. The van der Waals surface area contributed by atoms with E-state index < -0.39 is 19.7 Å². The summed E-state index contributed by atoms with van der Waals surface area (Å²) in [5.74, 6) is -0.457. The second-order valence-electron chi connectivity index (χ2n) is 8.31. The number of rotatable bonds is 23. The van der Waals surface area contributed by atoms with Gasteiger partial charge in [-0.2, -0.15) is 0 Å². The first kappa shape index (κ1) is 30.5. The second-order valence-corrected chi connectivity index (χ2v) is 10.3. The Morgan fingerprint density at radius 3 is 1.90 bits per heavy atom. The van der Waals surface area contributed by atoms with Gasteiger partial charge in [-0.1, -0.05) is 84.0 Å². The van der Waals surface area contributed by atoms with Crippen LogP contribution in [0.5, 0.6) is 0 Å². The monoisotopic (exact) mass is 465 g/mol. The molecule has 2 N–H and O–H groups in total. The van der Waals surface area contributed by atoms with Gasteiger partial charge < -0.3 is 24.2 Å². The molecule has 0 aromatic carbocycles. The van der Waals surface area contributed by atoms with Crippen LogP contribution in [0, 0.1) is 0 Å². The van der Waals surface area contributed by atoms with Crippen LogP contribution in [-0.2, 0) is 23.4 Å². The summed E-state index contributed by atoms with van der Waals surface area (Å²) in [6.45, 7) is 4.55. The van der Waals surface area contributed by atoms with Gasteiger partial charge in [0.15, 0.2) is 0 Å². The Kier molecular flexibility index (Phi) is 21.1. The van der Waals surface area contributed by atoms with Crippen molar-refractivity contribution < 1.29 is 28.3 Å². The fourth-order valence-electron chi connectivity index (χ4n) is 3.30. The molecule has 0 aromatic heterocycles. The maximum absolute atomic E-state index is 11.9. The number of unbranched alkanes of at least 4 members (excludes halogenated alkanes) is 12. The van der Waals surface area contributed by atoms with E-state index in [-0.39, 0.29) is 19.4 Å². The van der Waals surface area contributed by atoms with Crippen LogP contribution in [0.2, 0.25) is 0 Å². The summed E-state index contributed by atoms with van der Waals surface area (Å²) in [5.41, 5.74) is 0. The van der Waals surface area contributed by atoms with Gasteiger partial charge in [0.05, 0.1) is 19.4 Å². The summed E-state index contributed by atoms with van der Waals surface area (Å²) in [6, 6.07) is 0. The Morgan fingerprint density at radius 1 is 0.903 bits per heavy atom. The minimum absolute atomic E-state index is 0.0100. The lowest BCUT2D eigenvalue weighted by molar-refractivity contribution is -0.151. The van der Waals surface area contributed by atoms with Crippen LogP contribution in [0.3, 0.4) is 0 Å². The predicted octanol–water partition coefficient (Wildman–Crippen LogP) is 5.45. The largest absolute Gasteiger partial charge is 0.458 e. The minimum Gasteiger partial charge on any atom is -0.458 e. The van der Waals surface area contributed by atoms with Crippen molar-refractivity contribution in [3.8, 4) is 0 Å². The molecule has 0 heterocycles.